The molecule has 1 aliphatic heterocycles. The van der Waals surface area contributed by atoms with Gasteiger partial charge >= 0.3 is 5.97 Å². The van der Waals surface area contributed by atoms with Gasteiger partial charge in [-0.25, -0.2) is 9.78 Å². The molecule has 0 unspecified atom stereocenters. The molecular formula is C23H22N2O6S. The Morgan fingerprint density at radius 1 is 1.16 bits per heavy atom. The fourth-order valence-corrected chi connectivity index (χ4v) is 3.87. The summed E-state index contributed by atoms with van der Waals surface area (Å²) < 4.78 is 21.8. The molecule has 9 heteroatoms. The molecule has 0 radical (unpaired) electrons. The predicted molar refractivity (Wildman–Crippen MR) is 119 cm³/mol. The summed E-state index contributed by atoms with van der Waals surface area (Å²) in [6.45, 7) is 2.79. The predicted octanol–water partition coefficient (Wildman–Crippen LogP) is 3.77. The van der Waals surface area contributed by atoms with Gasteiger partial charge in [0.1, 0.15) is 24.8 Å². The minimum atomic E-state index is -0.535. The van der Waals surface area contributed by atoms with Crippen LogP contribution in [0.25, 0.3) is 0 Å². The number of thiazole rings is 1. The van der Waals surface area contributed by atoms with Gasteiger partial charge in [-0.3, -0.25) is 4.79 Å². The summed E-state index contributed by atoms with van der Waals surface area (Å²) in [5.74, 6) is 0.633. The van der Waals surface area contributed by atoms with Crippen LogP contribution < -0.4 is 19.5 Å². The minimum Gasteiger partial charge on any atom is -0.493 e. The molecule has 0 atom stereocenters. The van der Waals surface area contributed by atoms with Crippen molar-refractivity contribution in [1.82, 2.24) is 4.98 Å². The standard InChI is InChI=1S/C23H22N2O6S/c1-14-3-5-16(6-4-14)24-20(26)11-21-25-17(13-32-21)12-31-23(27)15-9-18(28-2)22-19(10-15)29-7-8-30-22/h3-6,9-10,13H,7-8,11-12H2,1-2H3,(H,24,26). The molecule has 3 aromatic rings. The van der Waals surface area contributed by atoms with Gasteiger partial charge in [-0.15, -0.1) is 11.3 Å². The van der Waals surface area contributed by atoms with E-state index >= 15 is 0 Å². The van der Waals surface area contributed by atoms with Gasteiger partial charge in [-0.05, 0) is 31.2 Å². The zero-order valence-electron chi connectivity index (χ0n) is 17.7. The van der Waals surface area contributed by atoms with Gasteiger partial charge in [0, 0.05) is 11.1 Å². The molecule has 2 aromatic carbocycles. The number of carbonyl (C=O) groups excluding carboxylic acids is 2. The maximum Gasteiger partial charge on any atom is 0.338 e. The lowest BCUT2D eigenvalue weighted by molar-refractivity contribution is -0.115. The molecule has 1 N–H and O–H groups in total. The van der Waals surface area contributed by atoms with Crippen LogP contribution >= 0.6 is 11.3 Å². The molecule has 4 rings (SSSR count). The summed E-state index contributed by atoms with van der Waals surface area (Å²) in [4.78, 5) is 29.1. The second-order valence-corrected chi connectivity index (χ2v) is 8.05. The Balaban J connectivity index is 1.33. The first-order valence-corrected chi connectivity index (χ1v) is 10.8. The fraction of sp³-hybridized carbons (Fsp3) is 0.261. The number of benzene rings is 2. The molecule has 0 spiro atoms. The van der Waals surface area contributed by atoms with Gasteiger partial charge in [-0.1, -0.05) is 17.7 Å². The van der Waals surface area contributed by atoms with Crippen molar-refractivity contribution in [3.8, 4) is 17.2 Å². The van der Waals surface area contributed by atoms with Crippen LogP contribution in [0, 0.1) is 6.92 Å². The normalized spacial score (nSPS) is 12.2. The molecule has 166 valence electrons. The lowest BCUT2D eigenvalue weighted by Gasteiger charge is -2.21. The summed E-state index contributed by atoms with van der Waals surface area (Å²) in [5.41, 5.74) is 2.72. The van der Waals surface area contributed by atoms with Gasteiger partial charge in [-0.2, -0.15) is 0 Å². The number of amides is 1. The molecule has 0 fully saturated rings. The first kappa shape index (κ1) is 21.6. The Labute approximate surface area is 189 Å². The highest BCUT2D eigenvalue weighted by molar-refractivity contribution is 7.09. The van der Waals surface area contributed by atoms with Crippen LogP contribution in [0.1, 0.15) is 26.6 Å². The number of methoxy groups -OCH3 is 1. The Kier molecular flexibility index (Phi) is 6.55. The fourth-order valence-electron chi connectivity index (χ4n) is 3.09. The Hall–Kier alpha value is -3.59. The monoisotopic (exact) mass is 454 g/mol. The molecule has 0 aliphatic carbocycles. The van der Waals surface area contributed by atoms with E-state index in [1.165, 1.54) is 18.4 Å². The van der Waals surface area contributed by atoms with Gasteiger partial charge in [0.2, 0.25) is 11.7 Å². The summed E-state index contributed by atoms with van der Waals surface area (Å²) >= 11 is 1.34. The SMILES string of the molecule is COc1cc(C(=O)OCc2csc(CC(=O)Nc3ccc(C)cc3)n2)cc2c1OCCO2. The van der Waals surface area contributed by atoms with Crippen LogP contribution in [0.2, 0.25) is 0 Å². The van der Waals surface area contributed by atoms with Crippen LogP contribution in [0.3, 0.4) is 0 Å². The number of nitrogens with zero attached hydrogens (tertiary/aromatic N) is 1. The number of carbonyl (C=O) groups is 2. The minimum absolute atomic E-state index is 0.00826. The Bertz CT molecular complexity index is 1110. The first-order valence-electron chi connectivity index (χ1n) is 9.96. The van der Waals surface area contributed by atoms with Gasteiger partial charge in [0.25, 0.3) is 0 Å². The highest BCUT2D eigenvalue weighted by Gasteiger charge is 2.22. The first-order chi connectivity index (χ1) is 15.5. The number of fused-ring (bicyclic) bond motifs is 1. The summed E-state index contributed by atoms with van der Waals surface area (Å²) in [5, 5.41) is 5.25. The Morgan fingerprint density at radius 2 is 1.94 bits per heavy atom. The molecule has 0 bridgehead atoms. The maximum absolute atomic E-state index is 12.5. The van der Waals surface area contributed by atoms with Gasteiger partial charge in [0.15, 0.2) is 11.5 Å². The van der Waals surface area contributed by atoms with Crippen LogP contribution in [-0.2, 0) is 22.6 Å². The number of aryl methyl sites for hydroxylation is 1. The number of hydrogen-bond acceptors (Lipinski definition) is 8. The Morgan fingerprint density at radius 3 is 2.72 bits per heavy atom. The molecule has 2 heterocycles. The lowest BCUT2D eigenvalue weighted by atomic mass is 10.1. The second kappa shape index (κ2) is 9.69. The third-order valence-corrected chi connectivity index (χ3v) is 5.56. The third-order valence-electron chi connectivity index (χ3n) is 4.66. The molecule has 32 heavy (non-hydrogen) atoms. The van der Waals surface area contributed by atoms with E-state index in [9.17, 15) is 9.59 Å². The highest BCUT2D eigenvalue weighted by Crippen LogP contribution is 2.40. The average Bonchev–Trinajstić information content (AvgIpc) is 3.25. The summed E-state index contributed by atoms with van der Waals surface area (Å²) in [6, 6.07) is 10.7. The average molecular weight is 455 g/mol. The van der Waals surface area contributed by atoms with Crippen molar-refractivity contribution >= 4 is 28.9 Å². The second-order valence-electron chi connectivity index (χ2n) is 7.10. The number of rotatable bonds is 7. The molecule has 0 saturated carbocycles. The molecule has 1 aliphatic rings. The number of ether oxygens (including phenoxy) is 4. The van der Waals surface area contributed by atoms with E-state index in [1.807, 2.05) is 31.2 Å². The number of esters is 1. The van der Waals surface area contributed by atoms with E-state index in [0.717, 1.165) is 11.3 Å². The summed E-state index contributed by atoms with van der Waals surface area (Å²) in [7, 11) is 1.49. The van der Waals surface area contributed by atoms with Crippen molar-refractivity contribution in [2.24, 2.45) is 0 Å². The van der Waals surface area contributed by atoms with E-state index in [4.69, 9.17) is 18.9 Å². The van der Waals surface area contributed by atoms with Crippen LogP contribution in [-0.4, -0.2) is 37.2 Å². The van der Waals surface area contributed by atoms with E-state index in [-0.39, 0.29) is 18.9 Å². The smallest absolute Gasteiger partial charge is 0.338 e. The zero-order valence-corrected chi connectivity index (χ0v) is 18.5. The molecule has 1 amide bonds. The lowest BCUT2D eigenvalue weighted by Crippen LogP contribution is -2.17. The molecule has 0 saturated heterocycles. The zero-order chi connectivity index (χ0) is 22.5. The van der Waals surface area contributed by atoms with Crippen molar-refractivity contribution in [3.05, 3.63) is 63.6 Å². The van der Waals surface area contributed by atoms with E-state index < -0.39 is 5.97 Å². The van der Waals surface area contributed by atoms with Crippen molar-refractivity contribution in [2.75, 3.05) is 25.6 Å². The third kappa shape index (κ3) is 5.17. The van der Waals surface area contributed by atoms with Crippen molar-refractivity contribution in [1.29, 1.82) is 0 Å². The van der Waals surface area contributed by atoms with E-state index in [2.05, 4.69) is 10.3 Å². The number of anilines is 1. The van der Waals surface area contributed by atoms with Crippen LogP contribution in [0.5, 0.6) is 17.2 Å². The summed E-state index contributed by atoms with van der Waals surface area (Å²) in [6.07, 6.45) is 0.145. The number of aromatic nitrogens is 1. The largest absolute Gasteiger partial charge is 0.493 e. The maximum atomic E-state index is 12.5. The molecule has 8 nitrogen and oxygen atoms in total. The molecule has 1 aromatic heterocycles. The van der Waals surface area contributed by atoms with Crippen molar-refractivity contribution < 1.29 is 28.5 Å². The quantitative estimate of drug-likeness (QED) is 0.543. The van der Waals surface area contributed by atoms with Crippen molar-refractivity contribution in [2.45, 2.75) is 20.0 Å². The number of hydrogen-bond donors (Lipinski definition) is 1. The topological polar surface area (TPSA) is 96.0 Å². The van der Waals surface area contributed by atoms with Gasteiger partial charge in [0.05, 0.1) is 24.8 Å². The van der Waals surface area contributed by atoms with E-state index in [0.29, 0.717) is 46.7 Å². The van der Waals surface area contributed by atoms with Gasteiger partial charge < -0.3 is 24.3 Å². The number of nitrogens with one attached hydrogen (secondary N) is 1. The van der Waals surface area contributed by atoms with Crippen LogP contribution in [0.15, 0.2) is 41.8 Å². The van der Waals surface area contributed by atoms with Crippen LogP contribution in [0.4, 0.5) is 5.69 Å². The highest BCUT2D eigenvalue weighted by atomic mass is 32.1. The van der Waals surface area contributed by atoms with Crippen molar-refractivity contribution in [3.63, 3.8) is 0 Å². The van der Waals surface area contributed by atoms with E-state index in [1.54, 1.807) is 17.5 Å². The molecular weight excluding hydrogens is 432 g/mol.